The molecule has 5 rings (SSSR count). The van der Waals surface area contributed by atoms with Gasteiger partial charge in [-0.3, -0.25) is 14.8 Å². The fourth-order valence-corrected chi connectivity index (χ4v) is 4.58. The number of rotatable bonds is 9. The van der Waals surface area contributed by atoms with Crippen LogP contribution in [0.5, 0.6) is 11.5 Å². The first kappa shape index (κ1) is 33.8. The van der Waals surface area contributed by atoms with E-state index in [2.05, 4.69) is 45.2 Å². The summed E-state index contributed by atoms with van der Waals surface area (Å²) in [5.74, 6) is 0.576. The lowest BCUT2D eigenvalue weighted by molar-refractivity contribution is -0.111. The summed E-state index contributed by atoms with van der Waals surface area (Å²) < 4.78 is 11.5. The SMILES string of the molecule is C=CC(=O)Nc1cc2c(Nc3ccc(OCc4ccccn4)c(Cl)c3)c(C#N)cnc2cc1OCC.CC.CN1CCCC1. The van der Waals surface area contributed by atoms with Crippen LogP contribution >= 0.6 is 11.6 Å². The molecule has 1 aliphatic rings. The van der Waals surface area contributed by atoms with Gasteiger partial charge >= 0.3 is 0 Å². The Balaban J connectivity index is 0.000000582. The number of nitrogens with one attached hydrogen (secondary N) is 2. The zero-order chi connectivity index (χ0) is 31.9. The van der Waals surface area contributed by atoms with E-state index in [1.165, 1.54) is 38.2 Å². The van der Waals surface area contributed by atoms with Gasteiger partial charge in [-0.1, -0.05) is 38.1 Å². The number of nitrogens with zero attached hydrogens (tertiary/aromatic N) is 4. The molecular weight excluding hydrogens is 576 g/mol. The second-order valence-corrected chi connectivity index (χ2v) is 9.95. The zero-order valence-corrected chi connectivity index (χ0v) is 26.4. The van der Waals surface area contributed by atoms with Crippen LogP contribution in [0.2, 0.25) is 5.02 Å². The number of aromatic nitrogens is 2. The quantitative estimate of drug-likeness (QED) is 0.184. The molecule has 9 nitrogen and oxygen atoms in total. The number of halogens is 1. The van der Waals surface area contributed by atoms with Crippen molar-refractivity contribution in [2.75, 3.05) is 37.4 Å². The molecule has 0 atom stereocenters. The highest BCUT2D eigenvalue weighted by molar-refractivity contribution is 6.32. The molecule has 1 saturated heterocycles. The largest absolute Gasteiger partial charge is 0.492 e. The highest BCUT2D eigenvalue weighted by atomic mass is 35.5. The van der Waals surface area contributed by atoms with Gasteiger partial charge in [-0.2, -0.15) is 5.26 Å². The van der Waals surface area contributed by atoms with Crippen molar-refractivity contribution in [3.05, 3.63) is 89.9 Å². The number of carbonyl (C=O) groups excluding carboxylic acids is 1. The molecular formula is C34H39ClN6O3. The van der Waals surface area contributed by atoms with E-state index in [4.69, 9.17) is 21.1 Å². The van der Waals surface area contributed by atoms with Crippen LogP contribution in [0.3, 0.4) is 0 Å². The molecule has 1 fully saturated rings. The van der Waals surface area contributed by atoms with Gasteiger partial charge in [-0.05, 0) is 82.4 Å². The number of benzene rings is 2. The van der Waals surface area contributed by atoms with Gasteiger partial charge in [0.2, 0.25) is 5.91 Å². The molecule has 1 aliphatic heterocycles. The number of fused-ring (bicyclic) bond motifs is 1. The molecule has 2 N–H and O–H groups in total. The Morgan fingerprint density at radius 3 is 2.48 bits per heavy atom. The van der Waals surface area contributed by atoms with E-state index >= 15 is 0 Å². The van der Waals surface area contributed by atoms with Crippen molar-refractivity contribution in [3.8, 4) is 17.6 Å². The van der Waals surface area contributed by atoms with Gasteiger partial charge in [0.1, 0.15) is 24.2 Å². The van der Waals surface area contributed by atoms with Crippen molar-refractivity contribution in [2.24, 2.45) is 0 Å². The molecule has 1 amide bonds. The molecule has 10 heteroatoms. The van der Waals surface area contributed by atoms with Gasteiger partial charge in [0.15, 0.2) is 0 Å². The van der Waals surface area contributed by atoms with Crippen molar-refractivity contribution < 1.29 is 14.3 Å². The van der Waals surface area contributed by atoms with Crippen LogP contribution in [-0.2, 0) is 11.4 Å². The summed E-state index contributed by atoms with van der Waals surface area (Å²) >= 11 is 6.47. The number of carbonyl (C=O) groups is 1. The fourth-order valence-electron chi connectivity index (χ4n) is 4.35. The molecule has 4 aromatic rings. The number of pyridine rings is 2. The minimum Gasteiger partial charge on any atom is -0.492 e. The van der Waals surface area contributed by atoms with E-state index < -0.39 is 0 Å². The highest BCUT2D eigenvalue weighted by Gasteiger charge is 2.16. The number of hydrogen-bond acceptors (Lipinski definition) is 8. The Hall–Kier alpha value is -4.65. The van der Waals surface area contributed by atoms with Gasteiger partial charge in [0.05, 0.1) is 39.8 Å². The molecule has 44 heavy (non-hydrogen) atoms. The Morgan fingerprint density at radius 2 is 1.89 bits per heavy atom. The minimum absolute atomic E-state index is 0.280. The third-order valence-electron chi connectivity index (χ3n) is 6.47. The number of ether oxygens (including phenoxy) is 2. The smallest absolute Gasteiger partial charge is 0.247 e. The molecule has 2 aromatic heterocycles. The van der Waals surface area contributed by atoms with E-state index in [9.17, 15) is 10.1 Å². The van der Waals surface area contributed by atoms with E-state index in [0.717, 1.165) is 5.69 Å². The predicted octanol–water partition coefficient (Wildman–Crippen LogP) is 7.74. The van der Waals surface area contributed by atoms with Crippen LogP contribution in [0.25, 0.3) is 10.9 Å². The lowest BCUT2D eigenvalue weighted by Gasteiger charge is -2.16. The monoisotopic (exact) mass is 614 g/mol. The van der Waals surface area contributed by atoms with E-state index in [-0.39, 0.29) is 12.5 Å². The maximum absolute atomic E-state index is 12.0. The summed E-state index contributed by atoms with van der Waals surface area (Å²) in [5.41, 5.74) is 3.27. The van der Waals surface area contributed by atoms with Crippen LogP contribution in [0.1, 0.15) is 44.9 Å². The number of anilines is 3. The fraction of sp³-hybridized carbons (Fsp3) is 0.294. The van der Waals surface area contributed by atoms with Crippen LogP contribution in [-0.4, -0.2) is 47.5 Å². The Bertz CT molecular complexity index is 1580. The molecule has 0 aliphatic carbocycles. The summed E-state index contributed by atoms with van der Waals surface area (Å²) in [4.78, 5) is 23.0. The molecule has 0 bridgehead atoms. The number of amides is 1. The van der Waals surface area contributed by atoms with Crippen LogP contribution in [0.15, 0.2) is 73.6 Å². The van der Waals surface area contributed by atoms with Crippen LogP contribution in [0.4, 0.5) is 17.1 Å². The molecule has 0 saturated carbocycles. The van der Waals surface area contributed by atoms with Crippen LogP contribution in [0, 0.1) is 11.3 Å². The van der Waals surface area contributed by atoms with E-state index in [1.807, 2.05) is 39.0 Å². The van der Waals surface area contributed by atoms with Crippen LogP contribution < -0.4 is 20.1 Å². The first-order valence-corrected chi connectivity index (χ1v) is 15.0. The van der Waals surface area contributed by atoms with Gasteiger partial charge in [0, 0.05) is 29.5 Å². The molecule has 3 heterocycles. The zero-order valence-electron chi connectivity index (χ0n) is 25.7. The highest BCUT2D eigenvalue weighted by Crippen LogP contribution is 2.37. The lowest BCUT2D eigenvalue weighted by Crippen LogP contribution is -2.10. The molecule has 2 aromatic carbocycles. The normalized spacial score (nSPS) is 12.1. The Morgan fingerprint density at radius 1 is 1.11 bits per heavy atom. The predicted molar refractivity (Wildman–Crippen MR) is 178 cm³/mol. The summed E-state index contributed by atoms with van der Waals surface area (Å²) in [6.07, 6.45) is 7.18. The average molecular weight is 615 g/mol. The maximum Gasteiger partial charge on any atom is 0.247 e. The van der Waals surface area contributed by atoms with Crippen molar-refractivity contribution in [1.29, 1.82) is 5.26 Å². The third kappa shape index (κ3) is 9.43. The van der Waals surface area contributed by atoms with Gasteiger partial charge in [-0.25, -0.2) is 0 Å². The van der Waals surface area contributed by atoms with Gasteiger partial charge in [0.25, 0.3) is 0 Å². The third-order valence-corrected chi connectivity index (χ3v) is 6.76. The summed E-state index contributed by atoms with van der Waals surface area (Å²) in [6.45, 7) is 12.7. The topological polar surface area (TPSA) is 112 Å². The summed E-state index contributed by atoms with van der Waals surface area (Å²) in [7, 11) is 2.17. The standard InChI is InChI=1S/C27H22ClN5O3.C5H11N.C2H6/c1-3-26(34)33-23-12-20-22(13-25(23)35-4-2)31-15-17(14-29)27(20)32-18-8-9-24(21(28)11-18)36-16-19-7-5-6-10-30-19;1-6-4-2-3-5-6;1-2/h3,5-13,15H,1,4,16H2,2H3,(H,31,32)(H,33,34);2-5H2,1H3;1-2H3. The molecule has 0 spiro atoms. The van der Waals surface area contributed by atoms with Crippen molar-refractivity contribution >= 4 is 45.5 Å². The van der Waals surface area contributed by atoms with Crippen molar-refractivity contribution in [2.45, 2.75) is 40.2 Å². The number of nitriles is 1. The summed E-state index contributed by atoms with van der Waals surface area (Å²) in [6, 6.07) is 16.4. The lowest BCUT2D eigenvalue weighted by atomic mass is 10.1. The molecule has 230 valence electrons. The summed E-state index contributed by atoms with van der Waals surface area (Å²) in [5, 5.41) is 16.8. The maximum atomic E-state index is 12.0. The number of likely N-dealkylation sites (tertiary alicyclic amines) is 1. The van der Waals surface area contributed by atoms with Gasteiger partial charge < -0.3 is 25.0 Å². The van der Waals surface area contributed by atoms with Crippen molar-refractivity contribution in [1.82, 2.24) is 14.9 Å². The molecule has 0 unspecified atom stereocenters. The first-order valence-electron chi connectivity index (χ1n) is 14.6. The Labute approximate surface area is 264 Å². The second-order valence-electron chi connectivity index (χ2n) is 9.54. The first-order chi connectivity index (χ1) is 21.4. The number of hydrogen-bond donors (Lipinski definition) is 2. The van der Waals surface area contributed by atoms with Crippen molar-refractivity contribution in [3.63, 3.8) is 0 Å². The van der Waals surface area contributed by atoms with E-state index in [1.54, 1.807) is 36.5 Å². The average Bonchev–Trinajstić information content (AvgIpc) is 3.54. The Kier molecular flexibility index (Phi) is 13.4. The minimum atomic E-state index is -0.387. The van der Waals surface area contributed by atoms with Gasteiger partial charge in [-0.15, -0.1) is 0 Å². The molecule has 0 radical (unpaired) electrons. The second kappa shape index (κ2) is 17.5. The van der Waals surface area contributed by atoms with E-state index in [0.29, 0.717) is 56.7 Å².